The highest BCUT2D eigenvalue weighted by atomic mass is 32.2. The number of ether oxygens (including phenoxy) is 2. The molecule has 0 radical (unpaired) electrons. The number of sulfonamides is 1. The molecule has 1 N–H and O–H groups in total. The average molecular weight is 470 g/mol. The Labute approximate surface area is 184 Å². The van der Waals surface area contributed by atoms with Crippen LogP contribution < -0.4 is 5.32 Å². The second kappa shape index (κ2) is 9.61. The Morgan fingerprint density at radius 3 is 2.58 bits per heavy atom. The second-order valence-corrected chi connectivity index (χ2v) is 10.6. The maximum atomic E-state index is 13.1. The Morgan fingerprint density at radius 2 is 1.84 bits per heavy atom. The van der Waals surface area contributed by atoms with E-state index in [0.717, 1.165) is 21.8 Å². The van der Waals surface area contributed by atoms with Crippen molar-refractivity contribution >= 4 is 27.4 Å². The molecule has 2 saturated heterocycles. The van der Waals surface area contributed by atoms with Gasteiger partial charge in [0.15, 0.2) is 0 Å². The molecule has 4 rings (SSSR count). The predicted octanol–water partition coefficient (Wildman–Crippen LogP) is 2.19. The first kappa shape index (κ1) is 22.2. The molecular weight excluding hydrogens is 445 g/mol. The first-order valence-electron chi connectivity index (χ1n) is 10.00. The minimum Gasteiger partial charge on any atom is -0.379 e. The highest BCUT2D eigenvalue weighted by molar-refractivity contribution is 7.91. The molecule has 11 heteroatoms. The molecule has 1 aromatic carbocycles. The molecule has 31 heavy (non-hydrogen) atoms. The summed E-state index contributed by atoms with van der Waals surface area (Å²) in [4.78, 5) is 15.0. The predicted molar refractivity (Wildman–Crippen MR) is 113 cm³/mol. The van der Waals surface area contributed by atoms with E-state index in [0.29, 0.717) is 46.0 Å². The molecule has 0 spiro atoms. The molecule has 1 atom stereocenters. The zero-order valence-electron chi connectivity index (χ0n) is 16.8. The normalized spacial score (nSPS) is 20.5. The summed E-state index contributed by atoms with van der Waals surface area (Å²) in [6.45, 7) is 2.91. The van der Waals surface area contributed by atoms with Crippen LogP contribution in [-0.4, -0.2) is 69.7 Å². The van der Waals surface area contributed by atoms with Crippen LogP contribution in [0.5, 0.6) is 0 Å². The van der Waals surface area contributed by atoms with Gasteiger partial charge in [-0.1, -0.05) is 12.1 Å². The monoisotopic (exact) mass is 469 g/mol. The number of benzene rings is 1. The van der Waals surface area contributed by atoms with E-state index in [4.69, 9.17) is 9.47 Å². The van der Waals surface area contributed by atoms with Crippen LogP contribution in [0.2, 0.25) is 0 Å². The van der Waals surface area contributed by atoms with Crippen LogP contribution in [0.1, 0.15) is 16.5 Å². The molecule has 8 nitrogen and oxygen atoms in total. The number of carbonyl (C=O) groups is 1. The number of urea groups is 1. The first-order chi connectivity index (χ1) is 14.9. The largest absolute Gasteiger partial charge is 0.379 e. The minimum absolute atomic E-state index is 0.237. The topological polar surface area (TPSA) is 88.2 Å². The van der Waals surface area contributed by atoms with E-state index in [2.05, 4.69) is 5.32 Å². The van der Waals surface area contributed by atoms with Gasteiger partial charge in [0, 0.05) is 24.5 Å². The molecule has 0 bridgehead atoms. The van der Waals surface area contributed by atoms with E-state index < -0.39 is 10.0 Å². The van der Waals surface area contributed by atoms with Gasteiger partial charge < -0.3 is 19.7 Å². The molecule has 2 amide bonds. The van der Waals surface area contributed by atoms with Crippen molar-refractivity contribution < 1.29 is 27.1 Å². The maximum absolute atomic E-state index is 13.1. The molecule has 3 heterocycles. The molecule has 1 aromatic heterocycles. The fourth-order valence-electron chi connectivity index (χ4n) is 3.49. The minimum atomic E-state index is -3.54. The van der Waals surface area contributed by atoms with Crippen molar-refractivity contribution in [1.82, 2.24) is 14.5 Å². The standard InChI is InChI=1S/C20H24FN3O5S2/c21-16-3-1-15(2-4-16)18-14-23(7-12-29-18)20(25)22-13-17-5-6-19(30-17)31(26,27)24-8-10-28-11-9-24/h1-6,18H,7-14H2,(H,22,25). The lowest BCUT2D eigenvalue weighted by molar-refractivity contribution is -0.0155. The number of hydrogen-bond donors (Lipinski definition) is 1. The van der Waals surface area contributed by atoms with Gasteiger partial charge in [0.1, 0.15) is 16.1 Å². The van der Waals surface area contributed by atoms with Gasteiger partial charge in [0.2, 0.25) is 0 Å². The molecule has 2 fully saturated rings. The molecular formula is C20H24FN3O5S2. The Morgan fingerprint density at radius 1 is 1.10 bits per heavy atom. The van der Waals surface area contributed by atoms with Crippen LogP contribution >= 0.6 is 11.3 Å². The summed E-state index contributed by atoms with van der Waals surface area (Å²) in [6.07, 6.45) is -0.313. The van der Waals surface area contributed by atoms with Gasteiger partial charge in [0.25, 0.3) is 10.0 Å². The number of nitrogens with zero attached hydrogens (tertiary/aromatic N) is 2. The summed E-state index contributed by atoms with van der Waals surface area (Å²) in [7, 11) is -3.54. The van der Waals surface area contributed by atoms with Crippen LogP contribution in [0, 0.1) is 5.82 Å². The molecule has 168 valence electrons. The average Bonchev–Trinajstić information content (AvgIpc) is 3.29. The number of rotatable bonds is 5. The first-order valence-corrected chi connectivity index (χ1v) is 12.3. The Bertz CT molecular complexity index is 1010. The van der Waals surface area contributed by atoms with Crippen molar-refractivity contribution in [2.75, 3.05) is 46.0 Å². The van der Waals surface area contributed by atoms with Crippen molar-refractivity contribution in [3.05, 3.63) is 52.7 Å². The van der Waals surface area contributed by atoms with Crippen LogP contribution in [0.4, 0.5) is 9.18 Å². The van der Waals surface area contributed by atoms with Gasteiger partial charge in [-0.15, -0.1) is 11.3 Å². The molecule has 1 unspecified atom stereocenters. The molecule has 2 aliphatic rings. The molecule has 0 aliphatic carbocycles. The lowest BCUT2D eigenvalue weighted by Crippen LogP contribution is -2.46. The van der Waals surface area contributed by atoms with Gasteiger partial charge in [-0.25, -0.2) is 17.6 Å². The van der Waals surface area contributed by atoms with Crippen LogP contribution in [0.25, 0.3) is 0 Å². The smallest absolute Gasteiger partial charge is 0.317 e. The lowest BCUT2D eigenvalue weighted by atomic mass is 10.1. The van der Waals surface area contributed by atoms with Crippen LogP contribution in [-0.2, 0) is 26.0 Å². The van der Waals surface area contributed by atoms with E-state index in [-0.39, 0.29) is 28.7 Å². The summed E-state index contributed by atoms with van der Waals surface area (Å²) < 4.78 is 51.2. The fraction of sp³-hybridized carbons (Fsp3) is 0.450. The van der Waals surface area contributed by atoms with Gasteiger partial charge in [0.05, 0.1) is 32.9 Å². The summed E-state index contributed by atoms with van der Waals surface area (Å²) in [5.41, 5.74) is 0.815. The Kier molecular flexibility index (Phi) is 6.87. The quantitative estimate of drug-likeness (QED) is 0.725. The molecule has 0 saturated carbocycles. The Balaban J connectivity index is 1.33. The SMILES string of the molecule is O=C(NCc1ccc(S(=O)(=O)N2CCOCC2)s1)N1CCOC(c2ccc(F)cc2)C1. The number of carbonyl (C=O) groups excluding carboxylic acids is 1. The van der Waals surface area contributed by atoms with Crippen molar-refractivity contribution in [2.45, 2.75) is 16.9 Å². The summed E-state index contributed by atoms with van der Waals surface area (Å²) in [5, 5.41) is 2.85. The number of thiophene rings is 1. The van der Waals surface area contributed by atoms with Crippen molar-refractivity contribution in [2.24, 2.45) is 0 Å². The summed E-state index contributed by atoms with van der Waals surface area (Å²) in [5.74, 6) is -0.319. The number of halogens is 1. The van der Waals surface area contributed by atoms with E-state index >= 15 is 0 Å². The van der Waals surface area contributed by atoms with E-state index in [1.807, 2.05) is 0 Å². The summed E-state index contributed by atoms with van der Waals surface area (Å²) in [6, 6.07) is 9.11. The highest BCUT2D eigenvalue weighted by Crippen LogP contribution is 2.26. The maximum Gasteiger partial charge on any atom is 0.317 e. The third-order valence-corrected chi connectivity index (χ3v) is 8.66. The third-order valence-electron chi connectivity index (χ3n) is 5.21. The van der Waals surface area contributed by atoms with Crippen molar-refractivity contribution in [3.63, 3.8) is 0 Å². The lowest BCUT2D eigenvalue weighted by Gasteiger charge is -2.33. The van der Waals surface area contributed by atoms with Gasteiger partial charge >= 0.3 is 6.03 Å². The van der Waals surface area contributed by atoms with Crippen LogP contribution in [0.3, 0.4) is 0 Å². The van der Waals surface area contributed by atoms with E-state index in [9.17, 15) is 17.6 Å². The van der Waals surface area contributed by atoms with Gasteiger partial charge in [-0.05, 0) is 29.8 Å². The zero-order valence-corrected chi connectivity index (χ0v) is 18.5. The van der Waals surface area contributed by atoms with E-state index in [1.165, 1.54) is 16.4 Å². The van der Waals surface area contributed by atoms with Gasteiger partial charge in [-0.2, -0.15) is 4.31 Å². The van der Waals surface area contributed by atoms with Crippen molar-refractivity contribution in [1.29, 1.82) is 0 Å². The van der Waals surface area contributed by atoms with E-state index in [1.54, 1.807) is 29.2 Å². The summed E-state index contributed by atoms with van der Waals surface area (Å²) >= 11 is 1.16. The number of amides is 2. The van der Waals surface area contributed by atoms with Crippen molar-refractivity contribution in [3.8, 4) is 0 Å². The highest BCUT2D eigenvalue weighted by Gasteiger charge is 2.28. The van der Waals surface area contributed by atoms with Gasteiger partial charge in [-0.3, -0.25) is 0 Å². The number of nitrogens with one attached hydrogen (secondary N) is 1. The molecule has 2 aromatic rings. The fourth-order valence-corrected chi connectivity index (χ4v) is 6.35. The zero-order chi connectivity index (χ0) is 21.8. The second-order valence-electron chi connectivity index (χ2n) is 7.25. The Hall–Kier alpha value is -2.05. The van der Waals surface area contributed by atoms with Crippen LogP contribution in [0.15, 0.2) is 40.6 Å². The number of hydrogen-bond acceptors (Lipinski definition) is 6. The third kappa shape index (κ3) is 5.24. The number of morpholine rings is 2. The molecule has 2 aliphatic heterocycles.